The standard InChI is InChI=1S/C23H29ClN2O5.C19H21ClN2O4.C16H10ClF5O3.C9H11BrN2O.C4H9BrO.ClH/c1-14(2)31-21-9-6-17(11-19(21)24)23(29)26-20(22(25)28)10-16-4-7-18(8-5-16)30-13-15(3)12-27;1-11(2)26-17-8-5-13(10-15(17)20)19(25)22-16(18(21)24)9-12-3-6-14(23)7-4-12;1-6(2)24-9-4-3-7(5-8(9)17)16(23)25-15-13(21)11(19)10(18)12(20)14(15)22;10-7-3-1-6(2-4-7)5-8(11)9(12)13;1-4(2-5)3-6;/h4-9,11,14-15,20,27H,10,12-13H2,1-3H3,(H2,25,28)(H,26,29);3-8,10-11,16,23H,9H2,1-2H3,(H2,21,24)(H,22,25);3-6H,1-2H3;1-4,8H,5,11H2,(H2,12,13);4,6H,2-3H2,1H3;1H/t15-,20-;16-;;8-;4-;/m00.01./s1. The molecule has 0 spiro atoms. The second kappa shape index (κ2) is 45.2. The van der Waals surface area contributed by atoms with Crippen molar-refractivity contribution in [3.05, 3.63) is 209 Å². The number of amides is 5. The molecule has 20 nitrogen and oxygen atoms in total. The Morgan fingerprint density at radius 2 is 0.853 bits per heavy atom. The van der Waals surface area contributed by atoms with Crippen molar-refractivity contribution >= 4 is 115 Å². The molecule has 0 fully saturated rings. The Bertz CT molecular complexity index is 3840. The average Bonchev–Trinajstić information content (AvgIpc) is 0.794. The number of hydrogen-bond donors (Lipinski definition) is 9. The molecule has 0 saturated carbocycles. The van der Waals surface area contributed by atoms with Crippen LogP contribution in [0.4, 0.5) is 22.0 Å². The van der Waals surface area contributed by atoms with E-state index in [1.807, 2.05) is 65.8 Å². The summed E-state index contributed by atoms with van der Waals surface area (Å²) < 4.78 is 93.6. The molecule has 31 heteroatoms. The van der Waals surface area contributed by atoms with Gasteiger partial charge in [0.05, 0.1) is 51.6 Å². The summed E-state index contributed by atoms with van der Waals surface area (Å²) in [5.41, 5.74) is 24.3. The van der Waals surface area contributed by atoms with E-state index >= 15 is 0 Å². The molecule has 5 amide bonds. The van der Waals surface area contributed by atoms with Crippen molar-refractivity contribution in [2.75, 3.05) is 25.2 Å². The van der Waals surface area contributed by atoms with Gasteiger partial charge >= 0.3 is 5.97 Å². The maximum absolute atomic E-state index is 13.5. The van der Waals surface area contributed by atoms with Gasteiger partial charge in [-0.15, -0.1) is 12.4 Å². The summed E-state index contributed by atoms with van der Waals surface area (Å²) in [7, 11) is 0. The molecule has 0 aromatic heterocycles. The van der Waals surface area contributed by atoms with Gasteiger partial charge in [-0.3, -0.25) is 24.0 Å². The van der Waals surface area contributed by atoms with Gasteiger partial charge in [-0.25, -0.2) is 18.0 Å². The van der Waals surface area contributed by atoms with Crippen molar-refractivity contribution in [1.82, 2.24) is 10.6 Å². The zero-order chi connectivity index (χ0) is 76.0. The summed E-state index contributed by atoms with van der Waals surface area (Å²) in [6.45, 7) is 15.6. The van der Waals surface area contributed by atoms with Crippen LogP contribution in [0.25, 0.3) is 0 Å². The van der Waals surface area contributed by atoms with Crippen molar-refractivity contribution < 1.29 is 89.7 Å². The first-order valence-electron chi connectivity index (χ1n) is 30.9. The first-order valence-corrected chi connectivity index (χ1v) is 33.9. The number of ether oxygens (including phenoxy) is 5. The fourth-order valence-corrected chi connectivity index (χ4v) is 9.00. The molecule has 556 valence electrons. The maximum Gasteiger partial charge on any atom is 0.343 e. The summed E-state index contributed by atoms with van der Waals surface area (Å²) in [5.74, 6) is -14.6. The van der Waals surface area contributed by atoms with Crippen LogP contribution in [-0.4, -0.2) is 112 Å². The lowest BCUT2D eigenvalue weighted by Crippen LogP contribution is -2.45. The number of phenolic OH excluding ortho intramolecular Hbond substituents is 1. The van der Waals surface area contributed by atoms with Crippen molar-refractivity contribution in [3.63, 3.8) is 0 Å². The highest BCUT2D eigenvalue weighted by Gasteiger charge is 2.30. The highest BCUT2D eigenvalue weighted by atomic mass is 79.9. The third-order valence-electron chi connectivity index (χ3n) is 13.2. The van der Waals surface area contributed by atoms with Crippen molar-refractivity contribution in [1.29, 1.82) is 0 Å². The van der Waals surface area contributed by atoms with Gasteiger partial charge in [-0.2, -0.15) is 8.78 Å². The van der Waals surface area contributed by atoms with Gasteiger partial charge < -0.3 is 72.6 Å². The molecule has 5 atom stereocenters. The number of esters is 1. The Balaban J connectivity index is 0.000000461. The third kappa shape index (κ3) is 31.3. The van der Waals surface area contributed by atoms with Gasteiger partial charge in [0.15, 0.2) is 0 Å². The van der Waals surface area contributed by atoms with Crippen molar-refractivity contribution in [2.45, 2.75) is 111 Å². The Hall–Kier alpha value is -7.99. The maximum atomic E-state index is 13.5. The van der Waals surface area contributed by atoms with Crippen LogP contribution < -0.4 is 57.3 Å². The lowest BCUT2D eigenvalue weighted by molar-refractivity contribution is -0.120. The first kappa shape index (κ1) is 90.1. The molecule has 102 heavy (non-hydrogen) atoms. The number of rotatable bonds is 27. The van der Waals surface area contributed by atoms with Gasteiger partial charge in [0, 0.05) is 52.9 Å². The fraction of sp³-hybridized carbons (Fsp3) is 0.324. The molecular weight excluding hydrogens is 1560 g/mol. The summed E-state index contributed by atoms with van der Waals surface area (Å²) in [6.07, 6.45) is 0.634. The summed E-state index contributed by atoms with van der Waals surface area (Å²) in [5, 5.41) is 33.4. The first-order chi connectivity index (χ1) is 47.5. The molecule has 0 bridgehead atoms. The normalized spacial score (nSPS) is 12.0. The van der Waals surface area contributed by atoms with E-state index in [0.717, 1.165) is 38.6 Å². The molecule has 7 aromatic rings. The second-order valence-corrected chi connectivity index (χ2v) is 26.0. The zero-order valence-electron chi connectivity index (χ0n) is 56.5. The molecule has 0 aliphatic heterocycles. The van der Waals surface area contributed by atoms with Crippen LogP contribution in [0.15, 0.2) is 132 Å². The molecule has 0 heterocycles. The third-order valence-corrected chi connectivity index (χ3v) is 15.7. The number of carbonyl (C=O) groups excluding carboxylic acids is 6. The average molecular weight is 1640 g/mol. The number of nitrogens with two attached hydrogens (primary N) is 4. The van der Waals surface area contributed by atoms with E-state index in [1.54, 1.807) is 74.5 Å². The second-order valence-electron chi connectivity index (χ2n) is 23.2. The number of nitrogens with one attached hydrogen (secondary N) is 2. The highest BCUT2D eigenvalue weighted by molar-refractivity contribution is 9.10. The summed E-state index contributed by atoms with van der Waals surface area (Å²) in [4.78, 5) is 71.2. The van der Waals surface area contributed by atoms with Crippen LogP contribution in [0, 0.1) is 40.9 Å². The topological polar surface area (TPSA) is 337 Å². The van der Waals surface area contributed by atoms with E-state index in [9.17, 15) is 55.8 Å². The van der Waals surface area contributed by atoms with Crippen LogP contribution in [0.1, 0.15) is 103 Å². The van der Waals surface area contributed by atoms with Crippen LogP contribution in [0.5, 0.6) is 34.5 Å². The highest BCUT2D eigenvalue weighted by Crippen LogP contribution is 2.33. The number of halogens is 11. The molecule has 0 saturated heterocycles. The van der Waals surface area contributed by atoms with Gasteiger partial charge in [0.2, 0.25) is 52.6 Å². The molecule has 0 unspecified atom stereocenters. The molecule has 7 rings (SSSR count). The van der Waals surface area contributed by atoms with Gasteiger partial charge in [0.1, 0.15) is 40.8 Å². The number of primary amides is 3. The van der Waals surface area contributed by atoms with Crippen LogP contribution in [0.2, 0.25) is 15.1 Å². The van der Waals surface area contributed by atoms with E-state index in [1.165, 1.54) is 30.3 Å². The smallest absolute Gasteiger partial charge is 0.343 e. The number of aliphatic hydroxyl groups excluding tert-OH is 2. The van der Waals surface area contributed by atoms with Gasteiger partial charge in [-0.05, 0) is 162 Å². The molecular formula is C71H81Br2Cl4F5N6O14. The number of aliphatic hydroxyl groups is 2. The number of phenols is 1. The number of carbonyl (C=O) groups is 6. The lowest BCUT2D eigenvalue weighted by Gasteiger charge is -2.17. The minimum absolute atomic E-state index is 0. The van der Waals surface area contributed by atoms with Gasteiger partial charge in [-0.1, -0.05) is 117 Å². The molecule has 7 aromatic carbocycles. The van der Waals surface area contributed by atoms with E-state index < -0.39 is 88.5 Å². The van der Waals surface area contributed by atoms with E-state index in [0.29, 0.717) is 57.4 Å². The van der Waals surface area contributed by atoms with E-state index in [2.05, 4.69) is 47.2 Å². The fourth-order valence-electron chi connectivity index (χ4n) is 7.86. The Kier molecular flexibility index (Phi) is 39.9. The van der Waals surface area contributed by atoms with Crippen LogP contribution >= 0.6 is 79.1 Å². The summed E-state index contributed by atoms with van der Waals surface area (Å²) in [6, 6.07) is 31.6. The minimum Gasteiger partial charge on any atom is -0.508 e. The van der Waals surface area contributed by atoms with Crippen molar-refractivity contribution in [2.24, 2.45) is 34.8 Å². The number of alkyl halides is 1. The Morgan fingerprint density at radius 1 is 0.500 bits per heavy atom. The molecule has 0 aliphatic rings. The lowest BCUT2D eigenvalue weighted by atomic mass is 10.0. The Labute approximate surface area is 625 Å². The molecule has 0 radical (unpaired) electrons. The van der Waals surface area contributed by atoms with Crippen molar-refractivity contribution in [3.8, 4) is 34.5 Å². The number of aromatic hydroxyl groups is 1. The zero-order valence-corrected chi connectivity index (χ0v) is 62.8. The summed E-state index contributed by atoms with van der Waals surface area (Å²) >= 11 is 24.8. The predicted octanol–water partition coefficient (Wildman–Crippen LogP) is 12.9. The van der Waals surface area contributed by atoms with E-state index in [-0.39, 0.29) is 84.8 Å². The molecule has 0 aliphatic carbocycles. The SMILES string of the molecule is CC(C)Oc1ccc(C(=O)N[C@@H](Cc2ccc(O)cc2)C(N)=O)cc1Cl.CC(C)Oc1ccc(C(=O)N[C@@H](Cc2ccc(OC[C@@H](C)CO)cc2)C(N)=O)cc1Cl.CC(C)Oc1ccc(C(=O)Oc2c(F)c(F)c(F)c(F)c2F)cc1Cl.C[C@@H](CO)CBr.Cl.NC(=O)[C@@H](N)Cc1ccc(Br)cc1. The van der Waals surface area contributed by atoms with Gasteiger partial charge in [0.25, 0.3) is 11.8 Å². The largest absolute Gasteiger partial charge is 0.508 e. The quantitative estimate of drug-likeness (QED) is 0.00577. The monoisotopic (exact) mass is 1630 g/mol. The Morgan fingerprint density at radius 3 is 1.20 bits per heavy atom. The minimum atomic E-state index is -2.35. The van der Waals surface area contributed by atoms with Crippen LogP contribution in [-0.2, 0) is 33.6 Å². The van der Waals surface area contributed by atoms with Crippen LogP contribution in [0.3, 0.4) is 0 Å². The number of benzene rings is 7. The molecule has 13 N–H and O–H groups in total. The number of hydrogen-bond acceptors (Lipinski definition) is 15. The van der Waals surface area contributed by atoms with E-state index in [4.69, 9.17) is 86.9 Å². The predicted molar refractivity (Wildman–Crippen MR) is 390 cm³/mol.